The van der Waals surface area contributed by atoms with E-state index < -0.39 is 0 Å². The average Bonchev–Trinajstić information content (AvgIpc) is 2.86. The fourth-order valence-corrected chi connectivity index (χ4v) is 3.07. The number of hydrogen-bond donors (Lipinski definition) is 1. The second kappa shape index (κ2) is 3.45. The van der Waals surface area contributed by atoms with Crippen molar-refractivity contribution in [2.45, 2.75) is 19.3 Å². The molecule has 1 aliphatic carbocycles. The molecule has 2 nitrogen and oxygen atoms in total. The van der Waals surface area contributed by atoms with Gasteiger partial charge in [-0.05, 0) is 47.9 Å². The van der Waals surface area contributed by atoms with Crippen LogP contribution in [0.15, 0.2) is 36.5 Å². The number of rotatable bonds is 0. The van der Waals surface area contributed by atoms with Crippen LogP contribution in [-0.4, -0.2) is 10.1 Å². The van der Waals surface area contributed by atoms with Crippen LogP contribution < -0.4 is 0 Å². The second-order valence-corrected chi connectivity index (χ2v) is 4.98. The molecule has 18 heavy (non-hydrogen) atoms. The van der Waals surface area contributed by atoms with Gasteiger partial charge < -0.3 is 5.11 Å². The summed E-state index contributed by atoms with van der Waals surface area (Å²) in [6, 6.07) is 9.86. The molecule has 4 rings (SSSR count). The van der Waals surface area contributed by atoms with Crippen LogP contribution in [0.1, 0.15) is 17.5 Å². The summed E-state index contributed by atoms with van der Waals surface area (Å²) < 4.78 is 0. The molecule has 0 radical (unpaired) electrons. The molecule has 2 heteroatoms. The lowest BCUT2D eigenvalue weighted by Gasteiger charge is -2.08. The Morgan fingerprint density at radius 3 is 2.78 bits per heavy atom. The number of hydrogen-bond acceptors (Lipinski definition) is 2. The first kappa shape index (κ1) is 9.89. The third-order valence-corrected chi connectivity index (χ3v) is 3.93. The van der Waals surface area contributed by atoms with E-state index in [4.69, 9.17) is 0 Å². The highest BCUT2D eigenvalue weighted by Crippen LogP contribution is 2.33. The van der Waals surface area contributed by atoms with E-state index in [1.54, 1.807) is 12.1 Å². The zero-order valence-electron chi connectivity index (χ0n) is 9.98. The first-order valence-electron chi connectivity index (χ1n) is 6.35. The summed E-state index contributed by atoms with van der Waals surface area (Å²) in [5.74, 6) is 0.274. The number of benzene rings is 2. The van der Waals surface area contributed by atoms with Crippen LogP contribution in [0.4, 0.5) is 0 Å². The van der Waals surface area contributed by atoms with E-state index in [2.05, 4.69) is 17.1 Å². The third-order valence-electron chi connectivity index (χ3n) is 3.93. The van der Waals surface area contributed by atoms with E-state index >= 15 is 0 Å². The van der Waals surface area contributed by atoms with Crippen molar-refractivity contribution in [2.24, 2.45) is 0 Å². The van der Waals surface area contributed by atoms with Gasteiger partial charge in [0.1, 0.15) is 5.75 Å². The van der Waals surface area contributed by atoms with Crippen LogP contribution in [0.3, 0.4) is 0 Å². The molecule has 1 aliphatic rings. The van der Waals surface area contributed by atoms with E-state index in [1.165, 1.54) is 34.7 Å². The van der Waals surface area contributed by atoms with Crippen molar-refractivity contribution in [1.82, 2.24) is 4.98 Å². The van der Waals surface area contributed by atoms with Gasteiger partial charge in [0.15, 0.2) is 0 Å². The van der Waals surface area contributed by atoms with Crippen molar-refractivity contribution in [3.8, 4) is 5.75 Å². The molecule has 0 bridgehead atoms. The monoisotopic (exact) mass is 235 g/mol. The Hall–Kier alpha value is -2.09. The molecular weight excluding hydrogens is 222 g/mol. The molecule has 0 unspecified atom stereocenters. The van der Waals surface area contributed by atoms with E-state index in [-0.39, 0.29) is 5.75 Å². The lowest BCUT2D eigenvalue weighted by Crippen LogP contribution is -1.88. The summed E-state index contributed by atoms with van der Waals surface area (Å²) in [4.78, 5) is 4.49. The highest BCUT2D eigenvalue weighted by Gasteiger charge is 2.15. The quantitative estimate of drug-likeness (QED) is 0.604. The maximum absolute atomic E-state index is 9.52. The maximum atomic E-state index is 9.52. The predicted molar refractivity (Wildman–Crippen MR) is 72.9 cm³/mol. The number of aromatic nitrogens is 1. The van der Waals surface area contributed by atoms with Crippen LogP contribution in [0.25, 0.3) is 21.7 Å². The van der Waals surface area contributed by atoms with Gasteiger partial charge in [0.25, 0.3) is 0 Å². The molecule has 0 saturated carbocycles. The normalized spacial score (nSPS) is 14.2. The Kier molecular flexibility index (Phi) is 1.90. The highest BCUT2D eigenvalue weighted by atomic mass is 16.3. The van der Waals surface area contributed by atoms with Gasteiger partial charge in [0.05, 0.1) is 5.52 Å². The van der Waals surface area contributed by atoms with Crippen LogP contribution in [0, 0.1) is 0 Å². The summed E-state index contributed by atoms with van der Waals surface area (Å²) >= 11 is 0. The summed E-state index contributed by atoms with van der Waals surface area (Å²) in [5, 5.41) is 13.2. The van der Waals surface area contributed by atoms with Crippen molar-refractivity contribution in [3.63, 3.8) is 0 Å². The minimum atomic E-state index is 0.274. The van der Waals surface area contributed by atoms with Crippen molar-refractivity contribution < 1.29 is 5.11 Å². The SMILES string of the molecule is Oc1ccc2c(c1)ncc1c3c(ccc12)CCC3. The van der Waals surface area contributed by atoms with Gasteiger partial charge in [-0.1, -0.05) is 12.1 Å². The van der Waals surface area contributed by atoms with E-state index in [0.717, 1.165) is 17.3 Å². The van der Waals surface area contributed by atoms with Crippen LogP contribution >= 0.6 is 0 Å². The van der Waals surface area contributed by atoms with E-state index in [1.807, 2.05) is 12.3 Å². The van der Waals surface area contributed by atoms with Crippen molar-refractivity contribution in [1.29, 1.82) is 0 Å². The molecule has 0 amide bonds. The fraction of sp³-hybridized carbons (Fsp3) is 0.188. The first-order valence-corrected chi connectivity index (χ1v) is 6.35. The molecule has 1 heterocycles. The van der Waals surface area contributed by atoms with E-state index in [0.29, 0.717) is 0 Å². The Morgan fingerprint density at radius 2 is 1.83 bits per heavy atom. The number of nitrogens with zero attached hydrogens (tertiary/aromatic N) is 1. The Labute approximate surface area is 105 Å². The van der Waals surface area contributed by atoms with Crippen molar-refractivity contribution in [3.05, 3.63) is 47.7 Å². The highest BCUT2D eigenvalue weighted by molar-refractivity contribution is 6.07. The van der Waals surface area contributed by atoms with Gasteiger partial charge in [-0.3, -0.25) is 4.98 Å². The van der Waals surface area contributed by atoms with Crippen molar-refractivity contribution >= 4 is 21.7 Å². The van der Waals surface area contributed by atoms with Crippen LogP contribution in [0.2, 0.25) is 0 Å². The fourth-order valence-electron chi connectivity index (χ4n) is 3.07. The topological polar surface area (TPSA) is 33.1 Å². The molecule has 88 valence electrons. The number of pyridine rings is 1. The average molecular weight is 235 g/mol. The maximum Gasteiger partial charge on any atom is 0.117 e. The van der Waals surface area contributed by atoms with Gasteiger partial charge in [-0.25, -0.2) is 0 Å². The van der Waals surface area contributed by atoms with Gasteiger partial charge in [0.2, 0.25) is 0 Å². The lowest BCUT2D eigenvalue weighted by atomic mass is 9.99. The summed E-state index contributed by atoms with van der Waals surface area (Å²) in [7, 11) is 0. The molecule has 1 N–H and O–H groups in total. The molecule has 0 aliphatic heterocycles. The summed E-state index contributed by atoms with van der Waals surface area (Å²) in [6.45, 7) is 0. The molecule has 0 fully saturated rings. The largest absolute Gasteiger partial charge is 0.508 e. The van der Waals surface area contributed by atoms with Gasteiger partial charge >= 0.3 is 0 Å². The standard InChI is InChI=1S/C16H13NO/c18-11-5-7-14-13-6-4-10-2-1-3-12(10)15(13)9-17-16(14)8-11/h4-9,18H,1-3H2. The summed E-state index contributed by atoms with van der Waals surface area (Å²) in [5.41, 5.74) is 3.80. The minimum Gasteiger partial charge on any atom is -0.508 e. The molecule has 0 saturated heterocycles. The Balaban J connectivity index is 2.17. The molecule has 2 aromatic carbocycles. The smallest absolute Gasteiger partial charge is 0.117 e. The lowest BCUT2D eigenvalue weighted by molar-refractivity contribution is 0.476. The number of aryl methyl sites for hydroxylation is 2. The Morgan fingerprint density at radius 1 is 0.944 bits per heavy atom. The predicted octanol–water partition coefficient (Wildman–Crippen LogP) is 3.58. The number of phenols is 1. The minimum absolute atomic E-state index is 0.274. The molecule has 0 spiro atoms. The first-order chi connectivity index (χ1) is 8.83. The van der Waals surface area contributed by atoms with Gasteiger partial charge in [-0.2, -0.15) is 0 Å². The molecule has 0 atom stereocenters. The van der Waals surface area contributed by atoms with Crippen LogP contribution in [0.5, 0.6) is 5.75 Å². The zero-order chi connectivity index (χ0) is 12.1. The van der Waals surface area contributed by atoms with Gasteiger partial charge in [-0.15, -0.1) is 0 Å². The molecule has 3 aromatic rings. The molecule has 1 aromatic heterocycles. The third kappa shape index (κ3) is 1.26. The zero-order valence-corrected chi connectivity index (χ0v) is 9.98. The molecular formula is C16H13NO. The number of aromatic hydroxyl groups is 1. The Bertz CT molecular complexity index is 777. The number of phenolic OH excluding ortho intramolecular Hbond substituents is 1. The summed E-state index contributed by atoms with van der Waals surface area (Å²) in [6.07, 6.45) is 5.57. The number of fused-ring (bicyclic) bond motifs is 5. The van der Waals surface area contributed by atoms with E-state index in [9.17, 15) is 5.11 Å². The van der Waals surface area contributed by atoms with Crippen LogP contribution in [-0.2, 0) is 12.8 Å². The van der Waals surface area contributed by atoms with Gasteiger partial charge in [0, 0.05) is 23.0 Å². The second-order valence-electron chi connectivity index (χ2n) is 4.98. The van der Waals surface area contributed by atoms with Crippen molar-refractivity contribution in [2.75, 3.05) is 0 Å².